The molecule has 2 fully saturated rings. The second-order valence-electron chi connectivity index (χ2n) is 9.79. The number of Topliss-reactive ketones (excluding diaryl/α,β-unsaturated/α-hetero) is 1. The van der Waals surface area contributed by atoms with Gasteiger partial charge in [-0.15, -0.1) is 0 Å². The number of hydrogen-bond acceptors (Lipinski definition) is 6. The summed E-state index contributed by atoms with van der Waals surface area (Å²) >= 11 is 0. The van der Waals surface area contributed by atoms with E-state index in [-0.39, 0.29) is 47.6 Å². The van der Waals surface area contributed by atoms with Crippen LogP contribution in [-0.4, -0.2) is 34.9 Å². The maximum Gasteiger partial charge on any atom is 0.302 e. The maximum atomic E-state index is 12.7. The van der Waals surface area contributed by atoms with E-state index in [0.29, 0.717) is 24.2 Å². The molecule has 0 aromatic carbocycles. The van der Waals surface area contributed by atoms with Crippen LogP contribution in [0.25, 0.3) is 0 Å². The van der Waals surface area contributed by atoms with Gasteiger partial charge in [-0.05, 0) is 48.0 Å². The number of fused-ring (bicyclic) bond motifs is 3. The van der Waals surface area contributed by atoms with Gasteiger partial charge < -0.3 is 15.2 Å². The van der Waals surface area contributed by atoms with Crippen molar-refractivity contribution in [2.45, 2.75) is 64.1 Å². The quantitative estimate of drug-likeness (QED) is 0.730. The van der Waals surface area contributed by atoms with Gasteiger partial charge >= 0.3 is 5.97 Å². The van der Waals surface area contributed by atoms with Crippen LogP contribution >= 0.6 is 0 Å². The zero-order valence-electron chi connectivity index (χ0n) is 18.4. The molecule has 2 saturated carbocycles. The van der Waals surface area contributed by atoms with Crippen molar-refractivity contribution in [2.24, 2.45) is 23.0 Å². The topological polar surface area (TPSA) is 109 Å². The Bertz CT molecular complexity index is 1050. The molecule has 32 heavy (non-hydrogen) atoms. The number of aromatic nitrogens is 1. The SMILES string of the molecule is CC(=O)OC1C[C@H]2[C@@H]3OC4=C(C=C3CC[C@]2(C)[C@H]1c1cccnc1)C(=O)CC(C(N)=O)C4. The van der Waals surface area contributed by atoms with Gasteiger partial charge in [-0.1, -0.05) is 13.0 Å². The Hall–Kier alpha value is -2.96. The van der Waals surface area contributed by atoms with Gasteiger partial charge in [0.15, 0.2) is 5.78 Å². The van der Waals surface area contributed by atoms with Gasteiger partial charge in [0.1, 0.15) is 18.0 Å². The first kappa shape index (κ1) is 20.9. The van der Waals surface area contributed by atoms with Crippen molar-refractivity contribution < 1.29 is 23.9 Å². The zero-order chi connectivity index (χ0) is 22.6. The minimum atomic E-state index is -0.522. The van der Waals surface area contributed by atoms with E-state index in [4.69, 9.17) is 15.2 Å². The lowest BCUT2D eigenvalue weighted by Gasteiger charge is -2.47. The second kappa shape index (κ2) is 7.57. The molecule has 5 rings (SSSR count). The first-order valence-electron chi connectivity index (χ1n) is 11.3. The molecule has 168 valence electrons. The van der Waals surface area contributed by atoms with Gasteiger partial charge in [-0.3, -0.25) is 19.4 Å². The molecular weight excluding hydrogens is 408 g/mol. The summed E-state index contributed by atoms with van der Waals surface area (Å²) in [6.45, 7) is 3.70. The third kappa shape index (κ3) is 3.26. The highest BCUT2D eigenvalue weighted by molar-refractivity contribution is 6.02. The van der Waals surface area contributed by atoms with Crippen LogP contribution in [0.1, 0.15) is 57.4 Å². The number of primary amides is 1. The number of pyridine rings is 1. The fraction of sp³-hybridized carbons (Fsp3) is 0.520. The smallest absolute Gasteiger partial charge is 0.302 e. The number of nitrogens with zero attached hydrogens (tertiary/aromatic N) is 1. The van der Waals surface area contributed by atoms with Crippen LogP contribution in [0.15, 0.2) is 47.5 Å². The van der Waals surface area contributed by atoms with E-state index < -0.39 is 11.8 Å². The second-order valence-corrected chi connectivity index (χ2v) is 9.79. The molecule has 0 bridgehead atoms. The van der Waals surface area contributed by atoms with Crippen LogP contribution in [0.3, 0.4) is 0 Å². The van der Waals surface area contributed by atoms with Crippen LogP contribution in [0.5, 0.6) is 0 Å². The highest BCUT2D eigenvalue weighted by Crippen LogP contribution is 2.62. The number of esters is 1. The number of rotatable bonds is 3. The predicted octanol–water partition coefficient (Wildman–Crippen LogP) is 2.96. The summed E-state index contributed by atoms with van der Waals surface area (Å²) in [5, 5.41) is 0. The molecule has 2 unspecified atom stereocenters. The van der Waals surface area contributed by atoms with Crippen LogP contribution in [-0.2, 0) is 23.9 Å². The minimum absolute atomic E-state index is 0.0111. The first-order chi connectivity index (χ1) is 15.3. The van der Waals surface area contributed by atoms with Crippen LogP contribution in [0, 0.1) is 17.3 Å². The molecule has 1 aromatic heterocycles. The van der Waals surface area contributed by atoms with Gasteiger partial charge in [0, 0.05) is 44.0 Å². The number of nitrogens with two attached hydrogens (primary N) is 1. The Morgan fingerprint density at radius 2 is 2.12 bits per heavy atom. The van der Waals surface area contributed by atoms with Crippen molar-refractivity contribution in [2.75, 3.05) is 0 Å². The van der Waals surface area contributed by atoms with Crippen molar-refractivity contribution in [3.8, 4) is 0 Å². The number of ether oxygens (including phenoxy) is 2. The Morgan fingerprint density at radius 1 is 1.31 bits per heavy atom. The van der Waals surface area contributed by atoms with Gasteiger partial charge in [0.2, 0.25) is 5.91 Å². The lowest BCUT2D eigenvalue weighted by molar-refractivity contribution is -0.147. The summed E-state index contributed by atoms with van der Waals surface area (Å²) < 4.78 is 12.3. The first-order valence-corrected chi connectivity index (χ1v) is 11.3. The molecule has 0 saturated heterocycles. The Kier molecular flexibility index (Phi) is 4.95. The number of allylic oxidation sites excluding steroid dienone is 3. The molecule has 2 heterocycles. The normalized spacial score (nSPS) is 35.8. The van der Waals surface area contributed by atoms with Crippen LogP contribution in [0.2, 0.25) is 0 Å². The Morgan fingerprint density at radius 3 is 2.81 bits per heavy atom. The average Bonchev–Trinajstić information content (AvgIpc) is 3.04. The van der Waals surface area contributed by atoms with E-state index in [0.717, 1.165) is 24.0 Å². The molecule has 0 spiro atoms. The average molecular weight is 437 g/mol. The summed E-state index contributed by atoms with van der Waals surface area (Å²) in [7, 11) is 0. The van der Waals surface area contributed by atoms with Gasteiger partial charge in [0.25, 0.3) is 0 Å². The summed E-state index contributed by atoms with van der Waals surface area (Å²) in [5.74, 6) is -0.662. The highest BCUT2D eigenvalue weighted by atomic mass is 16.5. The molecule has 4 aliphatic rings. The summed E-state index contributed by atoms with van der Waals surface area (Å²) in [6, 6.07) is 3.96. The third-order valence-electron chi connectivity index (χ3n) is 7.93. The predicted molar refractivity (Wildman–Crippen MR) is 115 cm³/mol. The molecule has 7 heteroatoms. The van der Waals surface area contributed by atoms with Crippen molar-refractivity contribution in [1.82, 2.24) is 4.98 Å². The highest BCUT2D eigenvalue weighted by Gasteiger charge is 2.60. The lowest BCUT2D eigenvalue weighted by Crippen LogP contribution is -2.44. The van der Waals surface area contributed by atoms with E-state index in [9.17, 15) is 14.4 Å². The Labute approximate surface area is 187 Å². The Balaban J connectivity index is 1.50. The van der Waals surface area contributed by atoms with Crippen molar-refractivity contribution in [3.05, 3.63) is 53.1 Å². The molecular formula is C25H28N2O5. The molecule has 3 aliphatic carbocycles. The largest absolute Gasteiger partial charge is 0.489 e. The summed E-state index contributed by atoms with van der Waals surface area (Å²) in [6.07, 6.45) is 8.02. The zero-order valence-corrected chi connectivity index (χ0v) is 18.4. The lowest BCUT2D eigenvalue weighted by atomic mass is 9.61. The summed E-state index contributed by atoms with van der Waals surface area (Å²) in [5.41, 5.74) is 8.11. The monoisotopic (exact) mass is 436 g/mol. The fourth-order valence-electron chi connectivity index (χ4n) is 6.44. The van der Waals surface area contributed by atoms with Gasteiger partial charge in [0.05, 0.1) is 11.5 Å². The van der Waals surface area contributed by atoms with E-state index >= 15 is 0 Å². The van der Waals surface area contributed by atoms with Crippen LogP contribution < -0.4 is 5.73 Å². The fourth-order valence-corrected chi connectivity index (χ4v) is 6.44. The van der Waals surface area contributed by atoms with Crippen LogP contribution in [0.4, 0.5) is 0 Å². The van der Waals surface area contributed by atoms with Crippen molar-refractivity contribution in [1.29, 1.82) is 0 Å². The van der Waals surface area contributed by atoms with Crippen molar-refractivity contribution in [3.63, 3.8) is 0 Å². The summed E-state index contributed by atoms with van der Waals surface area (Å²) in [4.78, 5) is 40.7. The number of hydrogen-bond donors (Lipinski definition) is 1. The van der Waals surface area contributed by atoms with Gasteiger partial charge in [-0.2, -0.15) is 0 Å². The molecule has 1 aromatic rings. The molecule has 0 radical (unpaired) electrons. The number of carbonyl (C=O) groups excluding carboxylic acids is 3. The number of ketones is 1. The number of amides is 1. The van der Waals surface area contributed by atoms with E-state index in [1.165, 1.54) is 6.92 Å². The maximum absolute atomic E-state index is 12.7. The van der Waals surface area contributed by atoms with Gasteiger partial charge in [-0.25, -0.2) is 0 Å². The molecule has 1 amide bonds. The number of carbonyl (C=O) groups is 3. The van der Waals surface area contributed by atoms with Crippen molar-refractivity contribution >= 4 is 17.7 Å². The molecule has 6 atom stereocenters. The van der Waals surface area contributed by atoms with E-state index in [1.807, 2.05) is 24.4 Å². The van der Waals surface area contributed by atoms with E-state index in [1.54, 1.807) is 6.20 Å². The molecule has 1 aliphatic heterocycles. The standard InChI is InChI=1S/C25H28N2O5/c1-13(28)31-21-11-18-23-14(5-6-25(18,2)22(21)15-4-3-7-27-12-15)8-17-19(29)9-16(24(26)30)10-20(17)32-23/h3-4,7-8,12,16,18,21-23H,5-6,9-11H2,1-2H3,(H2,26,30)/t16?,18-,21?,22-,23+,25-/m0/s1. The third-order valence-corrected chi connectivity index (χ3v) is 7.93. The van der Waals surface area contributed by atoms with E-state index in [2.05, 4.69) is 11.9 Å². The molecule has 2 N–H and O–H groups in total. The molecule has 7 nitrogen and oxygen atoms in total. The minimum Gasteiger partial charge on any atom is -0.489 e.